The second-order valence-electron chi connectivity index (χ2n) is 9.38. The molecular formula is C28H15N13O. The molecule has 9 aromatic heterocycles. The number of aromatic amines is 3. The van der Waals surface area contributed by atoms with Crippen LogP contribution in [0, 0.1) is 0 Å². The topological polar surface area (TPSA) is 189 Å². The van der Waals surface area contributed by atoms with Gasteiger partial charge in [0.1, 0.15) is 34.4 Å². The lowest BCUT2D eigenvalue weighted by molar-refractivity contribution is 0.605. The third kappa shape index (κ3) is 3.32. The highest BCUT2D eigenvalue weighted by atomic mass is 16.4. The molecule has 0 aliphatic rings. The highest BCUT2D eigenvalue weighted by Gasteiger charge is 2.28. The van der Waals surface area contributed by atoms with E-state index in [2.05, 4.69) is 45.1 Å². The number of imidazole rings is 2. The first-order valence-electron chi connectivity index (χ1n) is 12.8. The lowest BCUT2D eigenvalue weighted by Gasteiger charge is -2.11. The minimum Gasteiger partial charge on any atom is -0.416 e. The van der Waals surface area contributed by atoms with Crippen LogP contribution in [0.2, 0.25) is 0 Å². The molecule has 0 aliphatic carbocycles. The summed E-state index contributed by atoms with van der Waals surface area (Å²) < 4.78 is 6.28. The van der Waals surface area contributed by atoms with Gasteiger partial charge in [0.25, 0.3) is 5.89 Å². The Bertz CT molecular complexity index is 2370. The number of nitrogens with one attached hydrogen (secondary N) is 3. The SMILES string of the molecule is c1ccc(-c2c(-c3nc4ncccc4[nH]3)c(-c3nc4ncncc4[nH]3)nc3oc(-c4n[nH]c5cccnc45)nc23)nc1. The van der Waals surface area contributed by atoms with Gasteiger partial charge >= 0.3 is 0 Å². The number of nitrogens with zero attached hydrogens (tertiary/aromatic N) is 10. The van der Waals surface area contributed by atoms with Gasteiger partial charge in [0.15, 0.2) is 22.8 Å². The van der Waals surface area contributed by atoms with Gasteiger partial charge in [0, 0.05) is 24.2 Å². The van der Waals surface area contributed by atoms with Crippen molar-refractivity contribution in [3.05, 3.63) is 73.6 Å². The zero-order valence-electron chi connectivity index (χ0n) is 21.3. The van der Waals surface area contributed by atoms with Crippen LogP contribution in [0.15, 0.2) is 78.0 Å². The zero-order chi connectivity index (χ0) is 27.6. The predicted molar refractivity (Wildman–Crippen MR) is 151 cm³/mol. The molecule has 0 aliphatic heterocycles. The van der Waals surface area contributed by atoms with E-state index in [4.69, 9.17) is 24.4 Å². The Labute approximate surface area is 233 Å². The van der Waals surface area contributed by atoms with E-state index in [9.17, 15) is 0 Å². The fourth-order valence-corrected chi connectivity index (χ4v) is 5.05. The van der Waals surface area contributed by atoms with E-state index in [1.54, 1.807) is 24.8 Å². The molecule has 9 rings (SSSR count). The van der Waals surface area contributed by atoms with Crippen molar-refractivity contribution in [2.45, 2.75) is 0 Å². The van der Waals surface area contributed by atoms with Gasteiger partial charge in [0.2, 0.25) is 5.71 Å². The second kappa shape index (κ2) is 8.53. The molecule has 0 atom stereocenters. The zero-order valence-corrected chi connectivity index (χ0v) is 21.3. The molecular weight excluding hydrogens is 534 g/mol. The average molecular weight is 550 g/mol. The van der Waals surface area contributed by atoms with Crippen molar-refractivity contribution >= 4 is 44.6 Å². The third-order valence-electron chi connectivity index (χ3n) is 6.87. The average Bonchev–Trinajstić information content (AvgIpc) is 3.83. The number of hydrogen-bond donors (Lipinski definition) is 3. The molecule has 0 saturated carbocycles. The van der Waals surface area contributed by atoms with Gasteiger partial charge < -0.3 is 14.4 Å². The van der Waals surface area contributed by atoms with E-state index in [0.29, 0.717) is 67.7 Å². The van der Waals surface area contributed by atoms with Crippen LogP contribution in [0.25, 0.3) is 90.3 Å². The monoisotopic (exact) mass is 549 g/mol. The van der Waals surface area contributed by atoms with Crippen LogP contribution >= 0.6 is 0 Å². The molecule has 0 radical (unpaired) electrons. The Morgan fingerprint density at radius 2 is 1.45 bits per heavy atom. The largest absolute Gasteiger partial charge is 0.416 e. The van der Waals surface area contributed by atoms with E-state index in [1.807, 2.05) is 42.5 Å². The number of oxazole rings is 1. The maximum atomic E-state index is 6.28. The van der Waals surface area contributed by atoms with Crippen molar-refractivity contribution in [3.63, 3.8) is 0 Å². The summed E-state index contributed by atoms with van der Waals surface area (Å²) in [5.74, 6) is 1.21. The molecule has 0 spiro atoms. The van der Waals surface area contributed by atoms with Gasteiger partial charge in [-0.05, 0) is 36.4 Å². The molecule has 0 bridgehead atoms. The molecule has 3 N–H and O–H groups in total. The minimum atomic E-state index is 0.254. The van der Waals surface area contributed by atoms with Crippen LogP contribution in [0.4, 0.5) is 0 Å². The lowest BCUT2D eigenvalue weighted by atomic mass is 10.0. The van der Waals surface area contributed by atoms with Crippen molar-refractivity contribution in [1.29, 1.82) is 0 Å². The normalized spacial score (nSPS) is 11.8. The predicted octanol–water partition coefficient (Wildman–Crippen LogP) is 4.49. The van der Waals surface area contributed by atoms with Crippen LogP contribution in [0.5, 0.6) is 0 Å². The Morgan fingerprint density at radius 1 is 0.619 bits per heavy atom. The third-order valence-corrected chi connectivity index (χ3v) is 6.87. The molecule has 0 saturated heterocycles. The molecule has 9 aromatic rings. The number of pyridine rings is 4. The van der Waals surface area contributed by atoms with E-state index < -0.39 is 0 Å². The smallest absolute Gasteiger partial charge is 0.252 e. The number of H-pyrrole nitrogens is 3. The van der Waals surface area contributed by atoms with Crippen LogP contribution in [0.3, 0.4) is 0 Å². The van der Waals surface area contributed by atoms with Gasteiger partial charge in [0.05, 0.1) is 28.5 Å². The van der Waals surface area contributed by atoms with Crippen molar-refractivity contribution in [2.24, 2.45) is 0 Å². The summed E-state index contributed by atoms with van der Waals surface area (Å²) in [6, 6.07) is 13.1. The maximum Gasteiger partial charge on any atom is 0.252 e. The number of fused-ring (bicyclic) bond motifs is 4. The Morgan fingerprint density at radius 3 is 2.33 bits per heavy atom. The van der Waals surface area contributed by atoms with Crippen LogP contribution in [-0.4, -0.2) is 65.0 Å². The number of hydrogen-bond acceptors (Lipinski definition) is 11. The molecule has 0 amide bonds. The first-order chi connectivity index (χ1) is 20.8. The van der Waals surface area contributed by atoms with E-state index >= 15 is 0 Å². The summed E-state index contributed by atoms with van der Waals surface area (Å²) >= 11 is 0. The molecule has 14 heteroatoms. The van der Waals surface area contributed by atoms with Crippen LogP contribution < -0.4 is 0 Å². The number of rotatable bonds is 4. The summed E-state index contributed by atoms with van der Waals surface area (Å²) in [5, 5.41) is 7.42. The van der Waals surface area contributed by atoms with E-state index in [1.165, 1.54) is 6.33 Å². The summed E-state index contributed by atoms with van der Waals surface area (Å²) in [7, 11) is 0. The van der Waals surface area contributed by atoms with Crippen molar-refractivity contribution in [1.82, 2.24) is 65.0 Å². The van der Waals surface area contributed by atoms with E-state index in [-0.39, 0.29) is 11.6 Å². The van der Waals surface area contributed by atoms with Crippen molar-refractivity contribution in [3.8, 4) is 45.7 Å². The Kier molecular flexibility index (Phi) is 4.54. The lowest BCUT2D eigenvalue weighted by Crippen LogP contribution is -1.99. The Hall–Kier alpha value is -6.44. The van der Waals surface area contributed by atoms with Crippen LogP contribution in [0.1, 0.15) is 0 Å². The van der Waals surface area contributed by atoms with Gasteiger partial charge in [-0.1, -0.05) is 6.07 Å². The summed E-state index contributed by atoms with van der Waals surface area (Å²) in [5.41, 5.74) is 7.37. The summed E-state index contributed by atoms with van der Waals surface area (Å²) in [4.78, 5) is 48.1. The molecule has 0 unspecified atom stereocenters. The van der Waals surface area contributed by atoms with Crippen LogP contribution in [-0.2, 0) is 0 Å². The highest BCUT2D eigenvalue weighted by molar-refractivity contribution is 6.03. The van der Waals surface area contributed by atoms with E-state index in [0.717, 1.165) is 11.0 Å². The molecule has 14 nitrogen and oxygen atoms in total. The molecule has 42 heavy (non-hydrogen) atoms. The number of aromatic nitrogens is 13. The maximum absolute atomic E-state index is 6.28. The highest BCUT2D eigenvalue weighted by Crippen LogP contribution is 2.42. The quantitative estimate of drug-likeness (QED) is 0.280. The van der Waals surface area contributed by atoms with Gasteiger partial charge in [-0.15, -0.1) is 0 Å². The fraction of sp³-hybridized carbons (Fsp3) is 0. The first-order valence-corrected chi connectivity index (χ1v) is 12.8. The van der Waals surface area contributed by atoms with Crippen molar-refractivity contribution < 1.29 is 4.42 Å². The second-order valence-corrected chi connectivity index (χ2v) is 9.38. The first kappa shape index (κ1) is 22.4. The molecule has 198 valence electrons. The minimum absolute atomic E-state index is 0.254. The summed E-state index contributed by atoms with van der Waals surface area (Å²) in [6.45, 7) is 0. The van der Waals surface area contributed by atoms with Gasteiger partial charge in [-0.2, -0.15) is 5.10 Å². The van der Waals surface area contributed by atoms with Crippen molar-refractivity contribution in [2.75, 3.05) is 0 Å². The van der Waals surface area contributed by atoms with Gasteiger partial charge in [-0.25, -0.2) is 34.9 Å². The fourth-order valence-electron chi connectivity index (χ4n) is 5.05. The summed E-state index contributed by atoms with van der Waals surface area (Å²) in [6.07, 6.45) is 8.20. The molecule has 0 fully saturated rings. The molecule has 9 heterocycles. The molecule has 0 aromatic carbocycles. The standard InChI is InChI=1S/C28H15N13O/c1-2-8-30-13(5-1)17-18(25-34-15-7-4-10-32-23(15)38-25)20(26-35-16-11-29-12-33-24(16)39-26)36-27-21(17)37-28(42-27)22-19-14(40-41-22)6-3-9-31-19/h1-12H,(H,40,41)(H,32,34,38)(H,29,33,35,39). The Balaban J connectivity index is 1.41. The van der Waals surface area contributed by atoms with Gasteiger partial charge in [-0.3, -0.25) is 15.1 Å².